The summed E-state index contributed by atoms with van der Waals surface area (Å²) in [6.07, 6.45) is 1.67. The molecule has 1 aliphatic rings. The molecule has 0 saturated carbocycles. The zero-order valence-electron chi connectivity index (χ0n) is 12.0. The van der Waals surface area contributed by atoms with E-state index < -0.39 is 5.97 Å². The van der Waals surface area contributed by atoms with Gasteiger partial charge in [-0.2, -0.15) is 0 Å². The molecule has 23 heavy (non-hydrogen) atoms. The molecule has 3 rings (SSSR count). The fraction of sp³-hybridized carbons (Fsp3) is 0.0588. The van der Waals surface area contributed by atoms with Crippen LogP contribution < -0.4 is 5.32 Å². The lowest BCUT2D eigenvalue weighted by atomic mass is 10.0. The van der Waals surface area contributed by atoms with Crippen LogP contribution in [0.1, 0.15) is 21.5 Å². The number of amides is 1. The van der Waals surface area contributed by atoms with Crippen LogP contribution in [0.25, 0.3) is 11.6 Å². The number of carbonyl (C=O) groups excluding carboxylic acids is 2. The van der Waals surface area contributed by atoms with Crippen LogP contribution in [-0.2, 0) is 9.53 Å². The van der Waals surface area contributed by atoms with Crippen LogP contribution in [0.3, 0.4) is 0 Å². The number of ether oxygens (including phenoxy) is 1. The number of benzene rings is 2. The Morgan fingerprint density at radius 1 is 1.13 bits per heavy atom. The van der Waals surface area contributed by atoms with Gasteiger partial charge in [0.1, 0.15) is 0 Å². The molecule has 0 spiro atoms. The van der Waals surface area contributed by atoms with Crippen LogP contribution in [0.15, 0.2) is 36.4 Å². The van der Waals surface area contributed by atoms with Crippen LogP contribution >= 0.6 is 23.2 Å². The smallest absolute Gasteiger partial charge is 0.337 e. The molecule has 0 saturated heterocycles. The molecule has 0 aliphatic carbocycles. The number of anilines is 1. The van der Waals surface area contributed by atoms with Gasteiger partial charge in [-0.05, 0) is 42.0 Å². The number of hydrogen-bond donors (Lipinski definition) is 1. The Balaban J connectivity index is 2.08. The summed E-state index contributed by atoms with van der Waals surface area (Å²) in [6, 6.07) is 9.97. The number of methoxy groups -OCH3 is 1. The molecule has 0 radical (unpaired) electrons. The minimum atomic E-state index is -0.491. The van der Waals surface area contributed by atoms with E-state index in [1.807, 2.05) is 0 Å². The number of hydrogen-bond acceptors (Lipinski definition) is 3. The van der Waals surface area contributed by atoms with Gasteiger partial charge in [0.15, 0.2) is 0 Å². The molecule has 0 bridgehead atoms. The molecule has 0 fully saturated rings. The van der Waals surface area contributed by atoms with Crippen molar-refractivity contribution in [2.75, 3.05) is 12.4 Å². The maximum absolute atomic E-state index is 12.2. The summed E-state index contributed by atoms with van der Waals surface area (Å²) >= 11 is 12.0. The number of carbonyl (C=O) groups is 2. The fourth-order valence-electron chi connectivity index (χ4n) is 2.41. The highest BCUT2D eigenvalue weighted by molar-refractivity contribution is 6.37. The Hall–Kier alpha value is -2.30. The van der Waals surface area contributed by atoms with Gasteiger partial charge in [-0.3, -0.25) is 4.79 Å². The zero-order chi connectivity index (χ0) is 16.6. The minimum absolute atomic E-state index is 0.234. The van der Waals surface area contributed by atoms with E-state index in [1.54, 1.807) is 36.4 Å². The zero-order valence-corrected chi connectivity index (χ0v) is 13.5. The van der Waals surface area contributed by atoms with Crippen molar-refractivity contribution in [3.05, 3.63) is 63.1 Å². The predicted octanol–water partition coefficient (Wildman–Crippen LogP) is 4.27. The Bertz CT molecular complexity index is 859. The van der Waals surface area contributed by atoms with Crippen LogP contribution in [0.5, 0.6) is 0 Å². The van der Waals surface area contributed by atoms with E-state index in [9.17, 15) is 9.59 Å². The van der Waals surface area contributed by atoms with E-state index in [-0.39, 0.29) is 5.91 Å². The highest BCUT2D eigenvalue weighted by atomic mass is 35.5. The monoisotopic (exact) mass is 347 g/mol. The van der Waals surface area contributed by atoms with E-state index in [1.165, 1.54) is 13.2 Å². The average Bonchev–Trinajstić information content (AvgIpc) is 2.81. The predicted molar refractivity (Wildman–Crippen MR) is 90.7 cm³/mol. The third-order valence-electron chi connectivity index (χ3n) is 3.42. The van der Waals surface area contributed by atoms with E-state index >= 15 is 0 Å². The molecule has 4 nitrogen and oxygen atoms in total. The van der Waals surface area contributed by atoms with Gasteiger partial charge in [0.05, 0.1) is 18.4 Å². The van der Waals surface area contributed by atoms with Gasteiger partial charge in [0.2, 0.25) is 0 Å². The first-order chi connectivity index (χ1) is 11.0. The summed E-state index contributed by atoms with van der Waals surface area (Å²) in [5, 5.41) is 3.68. The molecule has 0 atom stereocenters. The fourth-order valence-corrected chi connectivity index (χ4v) is 2.82. The van der Waals surface area contributed by atoms with Gasteiger partial charge in [0.25, 0.3) is 5.91 Å². The Morgan fingerprint density at radius 2 is 1.91 bits per heavy atom. The molecule has 0 unspecified atom stereocenters. The van der Waals surface area contributed by atoms with Gasteiger partial charge in [-0.15, -0.1) is 0 Å². The van der Waals surface area contributed by atoms with Gasteiger partial charge in [-0.1, -0.05) is 29.3 Å². The second-order valence-corrected chi connectivity index (χ2v) is 5.84. The van der Waals surface area contributed by atoms with E-state index in [4.69, 9.17) is 27.9 Å². The van der Waals surface area contributed by atoms with Crippen LogP contribution in [0, 0.1) is 0 Å². The van der Waals surface area contributed by atoms with E-state index in [0.29, 0.717) is 32.4 Å². The van der Waals surface area contributed by atoms with Crippen molar-refractivity contribution in [1.29, 1.82) is 0 Å². The minimum Gasteiger partial charge on any atom is -0.465 e. The SMILES string of the molecule is COC(=O)c1cc(Cl)cc(C=C2C(=O)Nc3cc(Cl)ccc32)c1. The lowest BCUT2D eigenvalue weighted by molar-refractivity contribution is -0.110. The molecule has 2 aromatic carbocycles. The summed E-state index contributed by atoms with van der Waals surface area (Å²) in [5.74, 6) is -0.725. The van der Waals surface area contributed by atoms with Crippen LogP contribution in [0.2, 0.25) is 10.0 Å². The van der Waals surface area contributed by atoms with Crippen LogP contribution in [-0.4, -0.2) is 19.0 Å². The van der Waals surface area contributed by atoms with Gasteiger partial charge < -0.3 is 10.1 Å². The molecule has 116 valence electrons. The average molecular weight is 348 g/mol. The maximum Gasteiger partial charge on any atom is 0.337 e. The van der Waals surface area contributed by atoms with Gasteiger partial charge >= 0.3 is 5.97 Å². The van der Waals surface area contributed by atoms with Crippen molar-refractivity contribution in [2.45, 2.75) is 0 Å². The molecule has 6 heteroatoms. The molecule has 1 N–H and O–H groups in total. The first-order valence-electron chi connectivity index (χ1n) is 6.70. The van der Waals surface area contributed by atoms with Gasteiger partial charge in [0, 0.05) is 21.2 Å². The van der Waals surface area contributed by atoms with Crippen LogP contribution in [0.4, 0.5) is 5.69 Å². The molecule has 1 amide bonds. The van der Waals surface area contributed by atoms with Crippen molar-refractivity contribution < 1.29 is 14.3 Å². The summed E-state index contributed by atoms with van der Waals surface area (Å²) in [7, 11) is 1.30. The number of rotatable bonds is 2. The van der Waals surface area contributed by atoms with Gasteiger partial charge in [-0.25, -0.2) is 4.79 Å². The summed E-state index contributed by atoms with van der Waals surface area (Å²) in [5.41, 5.74) is 2.84. The molecular weight excluding hydrogens is 337 g/mol. The number of nitrogens with one attached hydrogen (secondary N) is 1. The first kappa shape index (κ1) is 15.6. The second kappa shape index (κ2) is 6.07. The Labute approximate surface area is 142 Å². The van der Waals surface area contributed by atoms with Crippen molar-refractivity contribution in [3.63, 3.8) is 0 Å². The standard InChI is InChI=1S/C17H11Cl2NO3/c1-23-17(22)10-4-9(5-12(19)7-10)6-14-13-3-2-11(18)8-15(13)20-16(14)21/h2-8H,1H3,(H,20,21). The largest absolute Gasteiger partial charge is 0.465 e. The quantitative estimate of drug-likeness (QED) is 0.651. The lowest BCUT2D eigenvalue weighted by Crippen LogP contribution is -2.04. The van der Waals surface area contributed by atoms with Crippen molar-refractivity contribution in [3.8, 4) is 0 Å². The summed E-state index contributed by atoms with van der Waals surface area (Å²) in [6.45, 7) is 0. The summed E-state index contributed by atoms with van der Waals surface area (Å²) in [4.78, 5) is 23.8. The topological polar surface area (TPSA) is 55.4 Å². The molecule has 2 aromatic rings. The highest BCUT2D eigenvalue weighted by Crippen LogP contribution is 2.35. The van der Waals surface area contributed by atoms with Crippen molar-refractivity contribution in [1.82, 2.24) is 0 Å². The molecule has 1 heterocycles. The third kappa shape index (κ3) is 3.09. The Morgan fingerprint density at radius 3 is 2.65 bits per heavy atom. The Kier molecular flexibility index (Phi) is 4.11. The first-order valence-corrected chi connectivity index (χ1v) is 7.45. The third-order valence-corrected chi connectivity index (χ3v) is 3.87. The van der Waals surface area contributed by atoms with Crippen molar-refractivity contribution in [2.24, 2.45) is 0 Å². The normalized spacial score (nSPS) is 14.6. The lowest BCUT2D eigenvalue weighted by Gasteiger charge is -2.04. The number of halogens is 2. The number of fused-ring (bicyclic) bond motifs is 1. The maximum atomic E-state index is 12.2. The molecule has 1 aliphatic heterocycles. The van der Waals surface area contributed by atoms with Crippen molar-refractivity contribution >= 4 is 52.4 Å². The van der Waals surface area contributed by atoms with E-state index in [0.717, 1.165) is 5.56 Å². The van der Waals surface area contributed by atoms with E-state index in [2.05, 4.69) is 5.32 Å². The number of esters is 1. The molecular formula is C17H11Cl2NO3. The second-order valence-electron chi connectivity index (χ2n) is 4.97. The molecule has 0 aromatic heterocycles. The summed E-state index contributed by atoms with van der Waals surface area (Å²) < 4.78 is 4.69. The highest BCUT2D eigenvalue weighted by Gasteiger charge is 2.24.